The molecule has 10 nitrogen and oxygen atoms in total. The van der Waals surface area contributed by atoms with Gasteiger partial charge in [-0.1, -0.05) is 5.16 Å². The third-order valence-corrected chi connectivity index (χ3v) is 4.72. The standard InChI is InChI=1S/C20H19F2N5O5/c1-29-15-10-12(4-6-14(15)31-20(21)22)18-23-17(32-26-18)11-30-19(28)13-5-7-16(25-24-13)27-8-2-3-9-27/h4-7,10,20H,2-3,8-9,11H2,1H3. The summed E-state index contributed by atoms with van der Waals surface area (Å²) in [6.45, 7) is -1.41. The molecule has 0 saturated carbocycles. The SMILES string of the molecule is COc1cc(-c2noc(COC(=O)c3ccc(N4CCCC4)nn3)n2)ccc1OC(F)F. The molecule has 168 valence electrons. The third-order valence-electron chi connectivity index (χ3n) is 4.72. The van der Waals surface area contributed by atoms with Gasteiger partial charge in [0.05, 0.1) is 7.11 Å². The molecule has 1 aromatic carbocycles. The number of aromatic nitrogens is 4. The van der Waals surface area contributed by atoms with Crippen molar-refractivity contribution >= 4 is 11.8 Å². The number of methoxy groups -OCH3 is 1. The second-order valence-electron chi connectivity index (χ2n) is 6.80. The van der Waals surface area contributed by atoms with Crippen molar-refractivity contribution in [1.82, 2.24) is 20.3 Å². The zero-order valence-electron chi connectivity index (χ0n) is 17.0. The number of halogens is 2. The van der Waals surface area contributed by atoms with E-state index in [0.29, 0.717) is 5.56 Å². The van der Waals surface area contributed by atoms with Gasteiger partial charge in [0.15, 0.2) is 29.6 Å². The van der Waals surface area contributed by atoms with Crippen molar-refractivity contribution in [3.05, 3.63) is 41.9 Å². The molecule has 0 amide bonds. The van der Waals surface area contributed by atoms with Crippen molar-refractivity contribution in [3.63, 3.8) is 0 Å². The second kappa shape index (κ2) is 9.54. The smallest absolute Gasteiger partial charge is 0.387 e. The van der Waals surface area contributed by atoms with E-state index in [9.17, 15) is 13.6 Å². The molecule has 12 heteroatoms. The molecule has 0 unspecified atom stereocenters. The Bertz CT molecular complexity index is 1070. The average molecular weight is 447 g/mol. The Kier molecular flexibility index (Phi) is 6.38. The van der Waals surface area contributed by atoms with Gasteiger partial charge in [-0.15, -0.1) is 10.2 Å². The van der Waals surface area contributed by atoms with E-state index in [2.05, 4.69) is 30.0 Å². The van der Waals surface area contributed by atoms with Crippen LogP contribution in [0.5, 0.6) is 11.5 Å². The number of anilines is 1. The van der Waals surface area contributed by atoms with Crippen molar-refractivity contribution in [2.24, 2.45) is 0 Å². The minimum absolute atomic E-state index is 0.0434. The molecule has 1 aliphatic heterocycles. The topological polar surface area (TPSA) is 113 Å². The minimum atomic E-state index is -2.98. The van der Waals surface area contributed by atoms with Crippen LogP contribution in [0.2, 0.25) is 0 Å². The highest BCUT2D eigenvalue weighted by atomic mass is 19.3. The monoisotopic (exact) mass is 447 g/mol. The number of hydrogen-bond donors (Lipinski definition) is 0. The fourth-order valence-electron chi connectivity index (χ4n) is 3.18. The summed E-state index contributed by atoms with van der Waals surface area (Å²) in [7, 11) is 1.32. The van der Waals surface area contributed by atoms with E-state index in [4.69, 9.17) is 14.0 Å². The Balaban J connectivity index is 1.37. The van der Waals surface area contributed by atoms with E-state index in [-0.39, 0.29) is 35.5 Å². The van der Waals surface area contributed by atoms with E-state index in [1.165, 1.54) is 25.3 Å². The number of carbonyl (C=O) groups excluding carboxylic acids is 1. The highest BCUT2D eigenvalue weighted by molar-refractivity contribution is 5.87. The van der Waals surface area contributed by atoms with Crippen LogP contribution in [0.1, 0.15) is 29.2 Å². The van der Waals surface area contributed by atoms with Gasteiger partial charge in [-0.25, -0.2) is 4.79 Å². The molecule has 0 bridgehead atoms. The van der Waals surface area contributed by atoms with Gasteiger partial charge >= 0.3 is 12.6 Å². The lowest BCUT2D eigenvalue weighted by molar-refractivity contribution is -0.0512. The molecule has 32 heavy (non-hydrogen) atoms. The van der Waals surface area contributed by atoms with E-state index in [1.54, 1.807) is 12.1 Å². The Morgan fingerprint density at radius 2 is 1.97 bits per heavy atom. The van der Waals surface area contributed by atoms with Gasteiger partial charge in [-0.3, -0.25) is 0 Å². The summed E-state index contributed by atoms with van der Waals surface area (Å²) in [4.78, 5) is 18.5. The highest BCUT2D eigenvalue weighted by Gasteiger charge is 2.18. The van der Waals surface area contributed by atoms with E-state index in [1.807, 2.05) is 0 Å². The Labute approximate surface area is 181 Å². The number of hydrogen-bond acceptors (Lipinski definition) is 10. The lowest BCUT2D eigenvalue weighted by Crippen LogP contribution is -2.20. The number of ether oxygens (including phenoxy) is 3. The average Bonchev–Trinajstić information content (AvgIpc) is 3.50. The van der Waals surface area contributed by atoms with Gasteiger partial charge in [0, 0.05) is 18.7 Å². The van der Waals surface area contributed by atoms with Gasteiger partial charge in [-0.05, 0) is 43.2 Å². The van der Waals surface area contributed by atoms with Crippen LogP contribution < -0.4 is 14.4 Å². The summed E-state index contributed by atoms with van der Waals surface area (Å²) in [6, 6.07) is 7.49. The van der Waals surface area contributed by atoms with Crippen LogP contribution in [0.15, 0.2) is 34.9 Å². The van der Waals surface area contributed by atoms with E-state index < -0.39 is 12.6 Å². The van der Waals surface area contributed by atoms with Crippen LogP contribution in [0, 0.1) is 0 Å². The van der Waals surface area contributed by atoms with Crippen LogP contribution in [0.3, 0.4) is 0 Å². The molecule has 1 fully saturated rings. The van der Waals surface area contributed by atoms with Gasteiger partial charge in [0.1, 0.15) is 0 Å². The summed E-state index contributed by atoms with van der Waals surface area (Å²) < 4.78 is 44.6. The predicted molar refractivity (Wildman–Crippen MR) is 106 cm³/mol. The Morgan fingerprint density at radius 3 is 2.66 bits per heavy atom. The van der Waals surface area contributed by atoms with Crippen molar-refractivity contribution in [3.8, 4) is 22.9 Å². The maximum absolute atomic E-state index is 12.5. The molecule has 0 radical (unpaired) electrons. The highest BCUT2D eigenvalue weighted by Crippen LogP contribution is 2.32. The number of benzene rings is 1. The first-order valence-corrected chi connectivity index (χ1v) is 9.75. The number of nitrogens with zero attached hydrogens (tertiary/aromatic N) is 5. The largest absolute Gasteiger partial charge is 0.493 e. The first kappa shape index (κ1) is 21.4. The van der Waals surface area contributed by atoms with Crippen LogP contribution >= 0.6 is 0 Å². The lowest BCUT2D eigenvalue weighted by atomic mass is 10.2. The molecular weight excluding hydrogens is 428 g/mol. The maximum Gasteiger partial charge on any atom is 0.387 e. The molecule has 0 atom stereocenters. The summed E-state index contributed by atoms with van der Waals surface area (Å²) >= 11 is 0. The molecule has 0 N–H and O–H groups in total. The van der Waals surface area contributed by atoms with Crippen molar-refractivity contribution in [2.45, 2.75) is 26.1 Å². The molecule has 1 saturated heterocycles. The van der Waals surface area contributed by atoms with Crippen LogP contribution in [-0.2, 0) is 11.3 Å². The fraction of sp³-hybridized carbons (Fsp3) is 0.350. The minimum Gasteiger partial charge on any atom is -0.493 e. The molecular formula is C20H19F2N5O5. The Hall–Kier alpha value is -3.83. The van der Waals surface area contributed by atoms with Crippen molar-refractivity contribution in [1.29, 1.82) is 0 Å². The van der Waals surface area contributed by atoms with Crippen LogP contribution in [0.25, 0.3) is 11.4 Å². The number of alkyl halides is 2. The quantitative estimate of drug-likeness (QED) is 0.477. The molecule has 4 rings (SSSR count). The fourth-order valence-corrected chi connectivity index (χ4v) is 3.18. The molecule has 3 aromatic rings. The van der Waals surface area contributed by atoms with Gasteiger partial charge in [-0.2, -0.15) is 13.8 Å². The first-order chi connectivity index (χ1) is 15.5. The summed E-state index contributed by atoms with van der Waals surface area (Å²) in [5.74, 6) is 0.202. The number of carbonyl (C=O) groups is 1. The second-order valence-corrected chi connectivity index (χ2v) is 6.80. The molecule has 3 heterocycles. The Morgan fingerprint density at radius 1 is 1.16 bits per heavy atom. The maximum atomic E-state index is 12.5. The third kappa shape index (κ3) is 4.90. The molecule has 2 aromatic heterocycles. The zero-order valence-corrected chi connectivity index (χ0v) is 17.0. The van der Waals surface area contributed by atoms with Crippen LogP contribution in [0.4, 0.5) is 14.6 Å². The lowest BCUT2D eigenvalue weighted by Gasteiger charge is -2.14. The van der Waals surface area contributed by atoms with Crippen molar-refractivity contribution in [2.75, 3.05) is 25.1 Å². The summed E-state index contributed by atoms with van der Waals surface area (Å²) in [6.07, 6.45) is 2.22. The van der Waals surface area contributed by atoms with Gasteiger partial charge < -0.3 is 23.6 Å². The van der Waals surface area contributed by atoms with E-state index >= 15 is 0 Å². The molecule has 0 aliphatic carbocycles. The number of esters is 1. The molecule has 1 aliphatic rings. The predicted octanol–water partition coefficient (Wildman–Crippen LogP) is 3.09. The normalized spacial score (nSPS) is 13.4. The molecule has 0 spiro atoms. The zero-order chi connectivity index (χ0) is 22.5. The van der Waals surface area contributed by atoms with Crippen LogP contribution in [-0.4, -0.2) is 53.1 Å². The van der Waals surface area contributed by atoms with Gasteiger partial charge in [0.2, 0.25) is 5.82 Å². The van der Waals surface area contributed by atoms with E-state index in [0.717, 1.165) is 31.7 Å². The number of rotatable bonds is 8. The first-order valence-electron chi connectivity index (χ1n) is 9.75. The summed E-state index contributed by atoms with van der Waals surface area (Å²) in [5, 5.41) is 11.8. The van der Waals surface area contributed by atoms with Crippen molar-refractivity contribution < 1.29 is 32.3 Å². The summed E-state index contributed by atoms with van der Waals surface area (Å²) in [5.41, 5.74) is 0.500. The van der Waals surface area contributed by atoms with Gasteiger partial charge in [0.25, 0.3) is 5.89 Å².